The van der Waals surface area contributed by atoms with Gasteiger partial charge in [-0.1, -0.05) is 32.0 Å². The lowest BCUT2D eigenvalue weighted by molar-refractivity contribution is 0.485. The highest BCUT2D eigenvalue weighted by atomic mass is 35.5. The number of benzene rings is 1. The normalized spacial score (nSPS) is 13.9. The maximum absolute atomic E-state index is 12.0. The fraction of sp³-hybridized carbons (Fsp3) is 0.500. The monoisotopic (exact) mass is 275 g/mol. The molecule has 0 aliphatic heterocycles. The predicted octanol–water partition coefficient (Wildman–Crippen LogP) is 2.62. The molecule has 0 aliphatic carbocycles. The lowest BCUT2D eigenvalue weighted by Gasteiger charge is -2.18. The fourth-order valence-electron chi connectivity index (χ4n) is 1.60. The second-order valence-corrected chi connectivity index (χ2v) is 6.44. The number of halogens is 1. The number of hydrogen-bond donors (Lipinski definition) is 1. The van der Waals surface area contributed by atoms with E-state index in [0.717, 1.165) is 6.42 Å². The van der Waals surface area contributed by atoms with Gasteiger partial charge in [0.05, 0.1) is 4.90 Å². The van der Waals surface area contributed by atoms with Crippen molar-refractivity contribution in [2.75, 3.05) is 5.88 Å². The molecule has 0 spiro atoms. The lowest BCUT2D eigenvalue weighted by atomic mass is 10.1. The molecule has 0 heterocycles. The van der Waals surface area contributed by atoms with Crippen molar-refractivity contribution in [2.45, 2.75) is 31.2 Å². The zero-order valence-corrected chi connectivity index (χ0v) is 11.6. The standard InChI is InChI=1S/C12H18ClNO2S/c1-10(2)8-11(9-13)14-17(15,16)12-6-4-3-5-7-12/h3-7,10-11,14H,8-9H2,1-2H3. The van der Waals surface area contributed by atoms with Crippen molar-refractivity contribution >= 4 is 21.6 Å². The number of rotatable bonds is 6. The van der Waals surface area contributed by atoms with Crippen molar-refractivity contribution in [3.8, 4) is 0 Å². The van der Waals surface area contributed by atoms with Crippen LogP contribution in [0.15, 0.2) is 35.2 Å². The largest absolute Gasteiger partial charge is 0.240 e. The first-order valence-corrected chi connectivity index (χ1v) is 7.61. The van der Waals surface area contributed by atoms with Crippen LogP contribution in [0.5, 0.6) is 0 Å². The van der Waals surface area contributed by atoms with Crippen molar-refractivity contribution in [3.63, 3.8) is 0 Å². The van der Waals surface area contributed by atoms with Crippen LogP contribution in [0, 0.1) is 5.92 Å². The summed E-state index contributed by atoms with van der Waals surface area (Å²) in [5, 5.41) is 0. The van der Waals surface area contributed by atoms with Gasteiger partial charge in [0, 0.05) is 11.9 Å². The Morgan fingerprint density at radius 2 is 1.82 bits per heavy atom. The first kappa shape index (κ1) is 14.5. The van der Waals surface area contributed by atoms with Crippen LogP contribution >= 0.6 is 11.6 Å². The molecule has 0 bridgehead atoms. The molecule has 17 heavy (non-hydrogen) atoms. The molecule has 1 aromatic carbocycles. The van der Waals surface area contributed by atoms with Crippen LogP contribution in [-0.4, -0.2) is 20.3 Å². The third-order valence-electron chi connectivity index (χ3n) is 2.32. The summed E-state index contributed by atoms with van der Waals surface area (Å²) in [7, 11) is -3.45. The van der Waals surface area contributed by atoms with Crippen molar-refractivity contribution in [1.82, 2.24) is 4.72 Å². The summed E-state index contributed by atoms with van der Waals surface area (Å²) in [5.74, 6) is 0.682. The molecule has 5 heteroatoms. The number of hydrogen-bond acceptors (Lipinski definition) is 2. The van der Waals surface area contributed by atoms with Gasteiger partial charge in [0.25, 0.3) is 0 Å². The number of sulfonamides is 1. The van der Waals surface area contributed by atoms with Crippen LogP contribution in [0.25, 0.3) is 0 Å². The summed E-state index contributed by atoms with van der Waals surface area (Å²) in [6, 6.07) is 8.11. The Morgan fingerprint density at radius 3 is 2.29 bits per heavy atom. The molecule has 96 valence electrons. The summed E-state index contributed by atoms with van der Waals surface area (Å²) in [5.41, 5.74) is 0. The van der Waals surface area contributed by atoms with Gasteiger partial charge in [0.2, 0.25) is 10.0 Å². The topological polar surface area (TPSA) is 46.2 Å². The molecule has 0 saturated heterocycles. The molecule has 0 aliphatic rings. The minimum Gasteiger partial charge on any atom is -0.207 e. The maximum Gasteiger partial charge on any atom is 0.240 e. The van der Waals surface area contributed by atoms with Crippen LogP contribution in [0.4, 0.5) is 0 Å². The van der Waals surface area contributed by atoms with Gasteiger partial charge in [0.15, 0.2) is 0 Å². The van der Waals surface area contributed by atoms with Crippen molar-refractivity contribution in [3.05, 3.63) is 30.3 Å². The Labute approximate surface area is 108 Å². The van der Waals surface area contributed by atoms with Gasteiger partial charge in [-0.25, -0.2) is 13.1 Å². The molecule has 0 amide bonds. The third-order valence-corrected chi connectivity index (χ3v) is 4.23. The average Bonchev–Trinajstić information content (AvgIpc) is 2.28. The fourth-order valence-corrected chi connectivity index (χ4v) is 3.16. The Hall–Kier alpha value is -0.580. The van der Waals surface area contributed by atoms with E-state index in [1.54, 1.807) is 30.3 Å². The van der Waals surface area contributed by atoms with Gasteiger partial charge in [0.1, 0.15) is 0 Å². The molecule has 1 rings (SSSR count). The van der Waals surface area contributed by atoms with E-state index in [4.69, 9.17) is 11.6 Å². The van der Waals surface area contributed by atoms with Gasteiger partial charge in [-0.15, -0.1) is 11.6 Å². The smallest absolute Gasteiger partial charge is 0.207 e. The molecule has 0 radical (unpaired) electrons. The van der Waals surface area contributed by atoms with Crippen molar-refractivity contribution in [1.29, 1.82) is 0 Å². The van der Waals surface area contributed by atoms with Crippen molar-refractivity contribution in [2.24, 2.45) is 5.92 Å². The predicted molar refractivity (Wildman–Crippen MR) is 70.7 cm³/mol. The van der Waals surface area contributed by atoms with Crippen LogP contribution in [-0.2, 0) is 10.0 Å². The SMILES string of the molecule is CC(C)CC(CCl)NS(=O)(=O)c1ccccc1. The van der Waals surface area contributed by atoms with E-state index in [-0.39, 0.29) is 16.8 Å². The summed E-state index contributed by atoms with van der Waals surface area (Å²) in [6.45, 7) is 4.08. The van der Waals surface area contributed by atoms with Crippen LogP contribution in [0.3, 0.4) is 0 Å². The van der Waals surface area contributed by atoms with E-state index in [2.05, 4.69) is 4.72 Å². The second-order valence-electron chi connectivity index (χ2n) is 4.42. The van der Waals surface area contributed by atoms with E-state index in [0.29, 0.717) is 5.92 Å². The van der Waals surface area contributed by atoms with E-state index in [9.17, 15) is 8.42 Å². The van der Waals surface area contributed by atoms with Gasteiger partial charge < -0.3 is 0 Å². The number of alkyl halides is 1. The minimum absolute atomic E-state index is 0.220. The molecular formula is C12H18ClNO2S. The molecule has 3 nitrogen and oxygen atoms in total. The Kier molecular flexibility index (Phi) is 5.43. The van der Waals surface area contributed by atoms with E-state index in [1.165, 1.54) is 0 Å². The van der Waals surface area contributed by atoms with Crippen LogP contribution in [0.2, 0.25) is 0 Å². The molecule has 1 atom stereocenters. The van der Waals surface area contributed by atoms with Crippen LogP contribution < -0.4 is 4.72 Å². The Morgan fingerprint density at radius 1 is 1.24 bits per heavy atom. The maximum atomic E-state index is 12.0. The van der Waals surface area contributed by atoms with Crippen molar-refractivity contribution < 1.29 is 8.42 Å². The Bertz CT molecular complexity index is 431. The van der Waals surface area contributed by atoms with Gasteiger partial charge >= 0.3 is 0 Å². The third kappa shape index (κ3) is 4.66. The highest BCUT2D eigenvalue weighted by molar-refractivity contribution is 7.89. The summed E-state index contributed by atoms with van der Waals surface area (Å²) in [4.78, 5) is 0.277. The molecule has 1 N–H and O–H groups in total. The summed E-state index contributed by atoms with van der Waals surface area (Å²) >= 11 is 5.78. The van der Waals surface area contributed by atoms with E-state index < -0.39 is 10.0 Å². The molecular weight excluding hydrogens is 258 g/mol. The van der Waals surface area contributed by atoms with E-state index in [1.807, 2.05) is 13.8 Å². The lowest BCUT2D eigenvalue weighted by Crippen LogP contribution is -2.37. The highest BCUT2D eigenvalue weighted by Gasteiger charge is 2.19. The minimum atomic E-state index is -3.45. The highest BCUT2D eigenvalue weighted by Crippen LogP contribution is 2.12. The molecule has 1 unspecified atom stereocenters. The number of nitrogens with one attached hydrogen (secondary N) is 1. The van der Waals surface area contributed by atoms with Gasteiger partial charge in [-0.3, -0.25) is 0 Å². The van der Waals surface area contributed by atoms with Gasteiger partial charge in [-0.05, 0) is 24.5 Å². The summed E-state index contributed by atoms with van der Waals surface area (Å²) in [6.07, 6.45) is 0.732. The van der Waals surface area contributed by atoms with Crippen LogP contribution in [0.1, 0.15) is 20.3 Å². The molecule has 0 saturated carbocycles. The van der Waals surface area contributed by atoms with E-state index >= 15 is 0 Å². The molecule has 1 aromatic rings. The molecule has 0 fully saturated rings. The quantitative estimate of drug-likeness (QED) is 0.811. The first-order valence-electron chi connectivity index (χ1n) is 5.59. The zero-order valence-electron chi connectivity index (χ0n) is 10.1. The average molecular weight is 276 g/mol. The second kappa shape index (κ2) is 6.38. The zero-order chi connectivity index (χ0) is 12.9. The van der Waals surface area contributed by atoms with Gasteiger partial charge in [-0.2, -0.15) is 0 Å². The Balaban J connectivity index is 2.79. The summed E-state index contributed by atoms with van der Waals surface area (Å²) < 4.78 is 26.7. The molecule has 0 aromatic heterocycles. The first-order chi connectivity index (χ1) is 7.95.